The monoisotopic (exact) mass is 335 g/mol. The highest BCUT2D eigenvalue weighted by molar-refractivity contribution is 8.01. The van der Waals surface area contributed by atoms with Crippen molar-refractivity contribution in [2.45, 2.75) is 18.7 Å². The second kappa shape index (κ2) is 7.25. The maximum absolute atomic E-state index is 12.1. The zero-order valence-corrected chi connectivity index (χ0v) is 14.0. The molecular weight excluding hydrogens is 314 g/mol. The highest BCUT2D eigenvalue weighted by atomic mass is 32.2. The van der Waals surface area contributed by atoms with E-state index in [9.17, 15) is 9.59 Å². The zero-order chi connectivity index (χ0) is 16.2. The minimum Gasteiger partial charge on any atom is -0.492 e. The Morgan fingerprint density at radius 1 is 1.35 bits per heavy atom. The van der Waals surface area contributed by atoms with Gasteiger partial charge < -0.3 is 14.4 Å². The Kier molecular flexibility index (Phi) is 5.10. The van der Waals surface area contributed by atoms with Gasteiger partial charge in [-0.3, -0.25) is 9.59 Å². The second-order valence-electron chi connectivity index (χ2n) is 5.71. The van der Waals surface area contributed by atoms with Crippen LogP contribution in [0.3, 0.4) is 0 Å². The number of thioether (sulfide) groups is 1. The number of amides is 1. The first-order chi connectivity index (χ1) is 11.2. The van der Waals surface area contributed by atoms with Crippen molar-refractivity contribution in [2.75, 3.05) is 25.5 Å². The van der Waals surface area contributed by atoms with E-state index in [0.29, 0.717) is 25.5 Å². The van der Waals surface area contributed by atoms with Gasteiger partial charge >= 0.3 is 5.97 Å². The summed E-state index contributed by atoms with van der Waals surface area (Å²) in [6.07, 6.45) is 0.819. The Balaban J connectivity index is 1.51. The number of rotatable bonds is 7. The summed E-state index contributed by atoms with van der Waals surface area (Å²) in [7, 11) is 0. The zero-order valence-electron chi connectivity index (χ0n) is 13.1. The molecule has 2 fully saturated rings. The average molecular weight is 335 g/mol. The fraction of sp³-hybridized carbons (Fsp3) is 0.529. The molecule has 1 saturated heterocycles. The van der Waals surface area contributed by atoms with Gasteiger partial charge in [0.25, 0.3) is 0 Å². The molecule has 1 saturated carbocycles. The highest BCUT2D eigenvalue weighted by Gasteiger charge is 2.53. The largest absolute Gasteiger partial charge is 0.492 e. The molecule has 1 heterocycles. The number of nitrogens with zero attached hydrogens (tertiary/aromatic N) is 1. The number of esters is 1. The van der Waals surface area contributed by atoms with Crippen LogP contribution in [0.2, 0.25) is 0 Å². The Morgan fingerprint density at radius 3 is 2.87 bits per heavy atom. The van der Waals surface area contributed by atoms with Crippen LogP contribution >= 0.6 is 11.8 Å². The van der Waals surface area contributed by atoms with Crippen LogP contribution in [0.4, 0.5) is 0 Å². The van der Waals surface area contributed by atoms with E-state index >= 15 is 0 Å². The standard InChI is InChI=1S/C17H21NO4S/c1-2-21-17(20)14-10-13(14)16-18(15(19)11-23-16)8-9-22-12-6-4-3-5-7-12/h3-7,13-14,16H,2,8-11H2,1H3. The molecule has 2 aliphatic rings. The van der Waals surface area contributed by atoms with Crippen molar-refractivity contribution in [3.63, 3.8) is 0 Å². The van der Waals surface area contributed by atoms with E-state index in [4.69, 9.17) is 9.47 Å². The van der Waals surface area contributed by atoms with Crippen LogP contribution in [0.25, 0.3) is 0 Å². The van der Waals surface area contributed by atoms with Gasteiger partial charge in [-0.25, -0.2) is 0 Å². The smallest absolute Gasteiger partial charge is 0.309 e. The van der Waals surface area contributed by atoms with E-state index in [1.54, 1.807) is 11.8 Å². The summed E-state index contributed by atoms with van der Waals surface area (Å²) in [6.45, 7) is 3.24. The molecule has 124 valence electrons. The summed E-state index contributed by atoms with van der Waals surface area (Å²) >= 11 is 1.63. The molecule has 3 atom stereocenters. The fourth-order valence-electron chi connectivity index (χ4n) is 2.91. The Hall–Kier alpha value is -1.69. The van der Waals surface area contributed by atoms with Crippen LogP contribution in [-0.2, 0) is 14.3 Å². The summed E-state index contributed by atoms with van der Waals surface area (Å²) in [4.78, 5) is 25.8. The highest BCUT2D eigenvalue weighted by Crippen LogP contribution is 2.49. The van der Waals surface area contributed by atoms with Gasteiger partial charge in [-0.2, -0.15) is 0 Å². The van der Waals surface area contributed by atoms with Gasteiger partial charge in [0.2, 0.25) is 5.91 Å². The molecule has 1 amide bonds. The molecule has 3 unspecified atom stereocenters. The molecule has 0 bridgehead atoms. The van der Waals surface area contributed by atoms with Crippen molar-refractivity contribution in [2.24, 2.45) is 11.8 Å². The van der Waals surface area contributed by atoms with Gasteiger partial charge in [-0.1, -0.05) is 18.2 Å². The van der Waals surface area contributed by atoms with Crippen LogP contribution in [0.1, 0.15) is 13.3 Å². The van der Waals surface area contributed by atoms with Crippen molar-refractivity contribution in [3.05, 3.63) is 30.3 Å². The lowest BCUT2D eigenvalue weighted by molar-refractivity contribution is -0.145. The van der Waals surface area contributed by atoms with Crippen LogP contribution in [0, 0.1) is 11.8 Å². The van der Waals surface area contributed by atoms with Crippen molar-refractivity contribution in [1.82, 2.24) is 4.90 Å². The lowest BCUT2D eigenvalue weighted by Gasteiger charge is -2.24. The molecule has 23 heavy (non-hydrogen) atoms. The Morgan fingerprint density at radius 2 is 2.13 bits per heavy atom. The van der Waals surface area contributed by atoms with Crippen molar-refractivity contribution < 1.29 is 19.1 Å². The quantitative estimate of drug-likeness (QED) is 0.715. The van der Waals surface area contributed by atoms with Gasteiger partial charge in [0.15, 0.2) is 0 Å². The van der Waals surface area contributed by atoms with Crippen LogP contribution in [-0.4, -0.2) is 47.7 Å². The molecular formula is C17H21NO4S. The maximum atomic E-state index is 12.1. The number of ether oxygens (including phenoxy) is 2. The lowest BCUT2D eigenvalue weighted by atomic mass is 10.3. The molecule has 1 aromatic rings. The molecule has 5 nitrogen and oxygen atoms in total. The Bertz CT molecular complexity index is 565. The number of hydrogen-bond acceptors (Lipinski definition) is 5. The molecule has 6 heteroatoms. The van der Waals surface area contributed by atoms with Gasteiger partial charge in [-0.15, -0.1) is 11.8 Å². The first-order valence-electron chi connectivity index (χ1n) is 7.96. The van der Waals surface area contributed by atoms with Crippen molar-refractivity contribution in [3.8, 4) is 5.75 Å². The number of para-hydroxylation sites is 1. The molecule has 1 aromatic carbocycles. The first-order valence-corrected chi connectivity index (χ1v) is 9.01. The first kappa shape index (κ1) is 16.2. The number of benzene rings is 1. The minimum absolute atomic E-state index is 0.0455. The average Bonchev–Trinajstić information content (AvgIpc) is 3.27. The van der Waals surface area contributed by atoms with Crippen LogP contribution in [0.5, 0.6) is 5.75 Å². The van der Waals surface area contributed by atoms with Gasteiger partial charge in [-0.05, 0) is 25.5 Å². The van der Waals surface area contributed by atoms with E-state index in [-0.39, 0.29) is 29.1 Å². The third-order valence-electron chi connectivity index (χ3n) is 4.14. The van der Waals surface area contributed by atoms with Gasteiger partial charge in [0.1, 0.15) is 12.4 Å². The van der Waals surface area contributed by atoms with E-state index in [0.717, 1.165) is 12.2 Å². The third kappa shape index (κ3) is 3.80. The predicted molar refractivity (Wildman–Crippen MR) is 88.1 cm³/mol. The number of hydrogen-bond donors (Lipinski definition) is 0. The van der Waals surface area contributed by atoms with E-state index in [1.807, 2.05) is 42.2 Å². The summed E-state index contributed by atoms with van der Waals surface area (Å²) < 4.78 is 10.8. The van der Waals surface area contributed by atoms with Crippen LogP contribution in [0.15, 0.2) is 30.3 Å². The van der Waals surface area contributed by atoms with Gasteiger partial charge in [0.05, 0.1) is 30.2 Å². The predicted octanol–water partition coefficient (Wildman–Crippen LogP) is 2.17. The molecule has 0 spiro atoms. The van der Waals surface area contributed by atoms with Gasteiger partial charge in [0, 0.05) is 5.92 Å². The van der Waals surface area contributed by atoms with Crippen molar-refractivity contribution in [1.29, 1.82) is 0 Å². The summed E-state index contributed by atoms with van der Waals surface area (Å²) in [5.74, 6) is 1.48. The normalized spacial score (nSPS) is 26.2. The summed E-state index contributed by atoms with van der Waals surface area (Å²) in [5, 5.41) is 0.0799. The topological polar surface area (TPSA) is 55.8 Å². The molecule has 0 aromatic heterocycles. The van der Waals surface area contributed by atoms with Crippen molar-refractivity contribution >= 4 is 23.6 Å². The lowest BCUT2D eigenvalue weighted by Crippen LogP contribution is -2.37. The molecule has 3 rings (SSSR count). The molecule has 1 aliphatic carbocycles. The van der Waals surface area contributed by atoms with E-state index in [1.165, 1.54) is 0 Å². The minimum atomic E-state index is -0.127. The second-order valence-corrected chi connectivity index (χ2v) is 6.81. The van der Waals surface area contributed by atoms with E-state index in [2.05, 4.69) is 0 Å². The summed E-state index contributed by atoms with van der Waals surface area (Å²) in [5.41, 5.74) is 0. The molecule has 0 radical (unpaired) electrons. The molecule has 0 N–H and O–H groups in total. The molecule has 1 aliphatic heterocycles. The number of carbonyl (C=O) groups is 2. The fourth-order valence-corrected chi connectivity index (χ4v) is 4.34. The van der Waals surface area contributed by atoms with Crippen LogP contribution < -0.4 is 4.74 Å². The Labute approximate surface area is 140 Å². The maximum Gasteiger partial charge on any atom is 0.309 e. The third-order valence-corrected chi connectivity index (χ3v) is 5.50. The summed E-state index contributed by atoms with van der Waals surface area (Å²) in [6, 6.07) is 9.57. The number of carbonyl (C=O) groups excluding carboxylic acids is 2. The van der Waals surface area contributed by atoms with E-state index < -0.39 is 0 Å². The SMILES string of the molecule is CCOC(=O)C1CC1C1SCC(=O)N1CCOc1ccccc1.